The second-order valence-electron chi connectivity index (χ2n) is 9.65. The van der Waals surface area contributed by atoms with E-state index in [9.17, 15) is 22.8 Å². The van der Waals surface area contributed by atoms with Gasteiger partial charge in [-0.25, -0.2) is 9.97 Å². The van der Waals surface area contributed by atoms with Crippen molar-refractivity contribution < 1.29 is 22.8 Å². The lowest BCUT2D eigenvalue weighted by molar-refractivity contribution is -0.145. The maximum Gasteiger partial charge on any atom is 0.451 e. The molecule has 2 aromatic heterocycles. The quantitative estimate of drug-likeness (QED) is 0.426. The lowest BCUT2D eigenvalue weighted by Gasteiger charge is -2.37. The molecule has 13 heteroatoms. The first-order valence-electron chi connectivity index (χ1n) is 11.9. The number of hydrogen-bond acceptors (Lipinski definition) is 5. The molecule has 0 saturated carbocycles. The summed E-state index contributed by atoms with van der Waals surface area (Å²) in [5, 5.41) is 5.33. The minimum Gasteiger partial charge on any atom is -0.331 e. The minimum atomic E-state index is -4.65. The van der Waals surface area contributed by atoms with Crippen LogP contribution in [0.15, 0.2) is 30.6 Å². The molecule has 0 fully saturated rings. The number of nitrogens with zero attached hydrogens (tertiary/aromatic N) is 6. The number of halogens is 5. The van der Waals surface area contributed by atoms with Crippen LogP contribution in [0.2, 0.25) is 10.0 Å². The van der Waals surface area contributed by atoms with E-state index in [1.807, 2.05) is 13.8 Å². The fraction of sp³-hybridized carbons (Fsp3) is 0.400. The molecule has 0 saturated heterocycles. The number of carbonyl (C=O) groups is 2. The number of aromatic nitrogens is 4. The molecule has 0 N–H and O–H groups in total. The molecule has 200 valence electrons. The summed E-state index contributed by atoms with van der Waals surface area (Å²) >= 11 is 12.1. The van der Waals surface area contributed by atoms with Gasteiger partial charge in [0.15, 0.2) is 0 Å². The lowest BCUT2D eigenvalue weighted by Crippen LogP contribution is -2.45. The number of fused-ring (bicyclic) bond motifs is 3. The van der Waals surface area contributed by atoms with Crippen LogP contribution in [0.25, 0.3) is 0 Å². The summed E-state index contributed by atoms with van der Waals surface area (Å²) in [6.07, 6.45) is -2.00. The van der Waals surface area contributed by atoms with E-state index in [1.54, 1.807) is 33.5 Å². The maximum absolute atomic E-state index is 13.8. The van der Waals surface area contributed by atoms with Gasteiger partial charge in [-0.1, -0.05) is 23.2 Å². The van der Waals surface area contributed by atoms with Gasteiger partial charge < -0.3 is 9.80 Å². The number of rotatable bonds is 3. The Morgan fingerprint density at radius 1 is 1.11 bits per heavy atom. The van der Waals surface area contributed by atoms with Crippen LogP contribution in [-0.2, 0) is 19.1 Å². The van der Waals surface area contributed by atoms with Crippen molar-refractivity contribution in [2.45, 2.75) is 58.0 Å². The summed E-state index contributed by atoms with van der Waals surface area (Å²) in [4.78, 5) is 37.3. The second-order valence-corrected chi connectivity index (χ2v) is 10.5. The highest BCUT2D eigenvalue weighted by atomic mass is 35.5. The number of amides is 2. The molecule has 5 rings (SSSR count). The molecule has 4 heterocycles. The number of hydrogen-bond donors (Lipinski definition) is 0. The highest BCUT2D eigenvalue weighted by Crippen LogP contribution is 2.36. The van der Waals surface area contributed by atoms with Crippen molar-refractivity contribution >= 4 is 35.0 Å². The predicted molar refractivity (Wildman–Crippen MR) is 133 cm³/mol. The minimum absolute atomic E-state index is 0.175. The summed E-state index contributed by atoms with van der Waals surface area (Å²) in [5.41, 5.74) is 2.54. The van der Waals surface area contributed by atoms with Crippen molar-refractivity contribution in [2.75, 3.05) is 6.54 Å². The van der Waals surface area contributed by atoms with Crippen molar-refractivity contribution in [1.82, 2.24) is 29.5 Å². The molecule has 0 radical (unpaired) electrons. The summed E-state index contributed by atoms with van der Waals surface area (Å²) in [6, 6.07) is 3.74. The fourth-order valence-corrected chi connectivity index (χ4v) is 5.27. The average molecular weight is 567 g/mol. The van der Waals surface area contributed by atoms with E-state index in [0.717, 1.165) is 18.1 Å². The third-order valence-electron chi connectivity index (χ3n) is 7.09. The predicted octanol–water partition coefficient (Wildman–Crippen LogP) is 5.36. The molecular formula is C25H23Cl2F3N6O2. The van der Waals surface area contributed by atoms with Crippen molar-refractivity contribution in [2.24, 2.45) is 0 Å². The zero-order chi connectivity index (χ0) is 27.5. The van der Waals surface area contributed by atoms with E-state index in [0.29, 0.717) is 40.4 Å². The monoisotopic (exact) mass is 566 g/mol. The molecule has 0 spiro atoms. The molecule has 2 aliphatic heterocycles. The van der Waals surface area contributed by atoms with Gasteiger partial charge in [0.2, 0.25) is 5.82 Å². The van der Waals surface area contributed by atoms with Gasteiger partial charge in [-0.2, -0.15) is 18.3 Å². The molecule has 8 nitrogen and oxygen atoms in total. The van der Waals surface area contributed by atoms with Crippen molar-refractivity contribution in [1.29, 1.82) is 0 Å². The Kier molecular flexibility index (Phi) is 6.63. The van der Waals surface area contributed by atoms with Gasteiger partial charge in [-0.05, 0) is 39.0 Å². The highest BCUT2D eigenvalue weighted by molar-refractivity contribution is 6.42. The van der Waals surface area contributed by atoms with E-state index in [4.69, 9.17) is 28.3 Å². The van der Waals surface area contributed by atoms with Gasteiger partial charge in [0.05, 0.1) is 34.4 Å². The largest absolute Gasteiger partial charge is 0.451 e. The molecule has 0 bridgehead atoms. The Morgan fingerprint density at radius 3 is 2.42 bits per heavy atom. The molecule has 3 atom stereocenters. The smallest absolute Gasteiger partial charge is 0.331 e. The Hall–Kier alpha value is -3.18. The van der Waals surface area contributed by atoms with Crippen LogP contribution >= 0.6 is 23.2 Å². The molecule has 2 amide bonds. The van der Waals surface area contributed by atoms with E-state index in [1.165, 1.54) is 6.07 Å². The molecular weight excluding hydrogens is 544 g/mol. The second kappa shape index (κ2) is 9.53. The maximum atomic E-state index is 13.8. The van der Waals surface area contributed by atoms with Gasteiger partial charge in [-0.15, -0.1) is 0 Å². The highest BCUT2D eigenvalue weighted by Gasteiger charge is 2.41. The Labute approximate surface area is 226 Å². The third kappa shape index (κ3) is 4.51. The summed E-state index contributed by atoms with van der Waals surface area (Å²) < 4.78 is 40.4. The third-order valence-corrected chi connectivity index (χ3v) is 7.82. The van der Waals surface area contributed by atoms with Gasteiger partial charge >= 0.3 is 6.18 Å². The van der Waals surface area contributed by atoms with Crippen molar-refractivity contribution in [3.05, 3.63) is 74.5 Å². The number of benzene rings is 1. The van der Waals surface area contributed by atoms with Gasteiger partial charge in [0.1, 0.15) is 5.69 Å². The summed E-state index contributed by atoms with van der Waals surface area (Å²) in [7, 11) is 0. The normalized spacial score (nSPS) is 20.3. The van der Waals surface area contributed by atoms with Crippen LogP contribution in [0.3, 0.4) is 0 Å². The zero-order valence-electron chi connectivity index (χ0n) is 20.6. The van der Waals surface area contributed by atoms with Gasteiger partial charge in [-0.3, -0.25) is 14.3 Å². The summed E-state index contributed by atoms with van der Waals surface area (Å²) in [6.45, 7) is 6.03. The fourth-order valence-electron chi connectivity index (χ4n) is 4.97. The Morgan fingerprint density at radius 2 is 1.79 bits per heavy atom. The topological polar surface area (TPSA) is 84.2 Å². The standard InChI is InChI=1S/C25H23Cl2F3N6O2/c1-12-6-20-17(11-34(12)22(37)15-4-5-18(26)19(27)7-15)21-23(38)35(10-13(2)36(21)33-20)14(3)16-8-31-24(32-9-16)25(28,29)30/h4-5,7-9,12-14H,6,10-11H2,1-3H3/t12-,13-,14-/m1/s1. The first-order valence-corrected chi connectivity index (χ1v) is 12.7. The van der Waals surface area contributed by atoms with Crippen LogP contribution < -0.4 is 0 Å². The van der Waals surface area contributed by atoms with Crippen LogP contribution in [0, 0.1) is 0 Å². The Balaban J connectivity index is 1.45. The molecule has 2 aliphatic rings. The lowest BCUT2D eigenvalue weighted by atomic mass is 9.97. The number of carbonyl (C=O) groups excluding carboxylic acids is 2. The van der Waals surface area contributed by atoms with Crippen LogP contribution in [0.4, 0.5) is 13.2 Å². The average Bonchev–Trinajstić information content (AvgIpc) is 3.25. The van der Waals surface area contributed by atoms with E-state index < -0.39 is 18.0 Å². The van der Waals surface area contributed by atoms with Crippen LogP contribution in [-0.4, -0.2) is 53.9 Å². The van der Waals surface area contributed by atoms with Gasteiger partial charge in [0.25, 0.3) is 11.8 Å². The first-order chi connectivity index (χ1) is 17.9. The van der Waals surface area contributed by atoms with Crippen LogP contribution in [0.5, 0.6) is 0 Å². The first kappa shape index (κ1) is 26.4. The van der Waals surface area contributed by atoms with Crippen molar-refractivity contribution in [3.8, 4) is 0 Å². The zero-order valence-corrected chi connectivity index (χ0v) is 22.1. The van der Waals surface area contributed by atoms with E-state index in [2.05, 4.69) is 9.97 Å². The van der Waals surface area contributed by atoms with Crippen molar-refractivity contribution in [3.63, 3.8) is 0 Å². The van der Waals surface area contributed by atoms with E-state index >= 15 is 0 Å². The van der Waals surface area contributed by atoms with Crippen LogP contribution in [0.1, 0.15) is 76.3 Å². The molecule has 1 aromatic carbocycles. The Bertz CT molecular complexity index is 1430. The molecule has 0 unspecified atom stereocenters. The molecule has 3 aromatic rings. The van der Waals surface area contributed by atoms with E-state index in [-0.39, 0.29) is 35.5 Å². The SMILES string of the molecule is C[C@@H]1Cc2nn3c(c2CN1C(=O)c1ccc(Cl)c(Cl)c1)C(=O)N([C@H](C)c1cnc(C(F)(F)F)nc1)C[C@H]3C. The van der Waals surface area contributed by atoms with Gasteiger partial charge in [0, 0.05) is 48.1 Å². The molecule has 38 heavy (non-hydrogen) atoms. The summed E-state index contributed by atoms with van der Waals surface area (Å²) in [5.74, 6) is -1.80. The number of alkyl halides is 3. The molecule has 0 aliphatic carbocycles.